The summed E-state index contributed by atoms with van der Waals surface area (Å²) in [6, 6.07) is 5.98. The molecule has 5 N–H and O–H groups in total. The summed E-state index contributed by atoms with van der Waals surface area (Å²) in [6.45, 7) is 2.93. The van der Waals surface area contributed by atoms with E-state index in [9.17, 15) is 29.4 Å². The standard InChI is InChI=1S/C17H20N2O6/c1-9(2)14(17(24)25)12(16(22)23)7-10-3-5-11(6-4-10)15(21)19-8-13(18)20/h3-6,9H,7-8H2,1-2H3,(H2,18,20)(H,19,21)(H,22,23)(H,24,25). The van der Waals surface area contributed by atoms with Gasteiger partial charge in [0, 0.05) is 12.0 Å². The molecule has 8 heteroatoms. The highest BCUT2D eigenvalue weighted by Crippen LogP contribution is 2.20. The van der Waals surface area contributed by atoms with Crippen molar-refractivity contribution in [1.82, 2.24) is 5.32 Å². The van der Waals surface area contributed by atoms with Gasteiger partial charge in [-0.25, -0.2) is 9.59 Å². The second-order valence-corrected chi connectivity index (χ2v) is 5.68. The van der Waals surface area contributed by atoms with Gasteiger partial charge in [-0.3, -0.25) is 9.59 Å². The van der Waals surface area contributed by atoms with Crippen LogP contribution >= 0.6 is 0 Å². The molecule has 25 heavy (non-hydrogen) atoms. The van der Waals surface area contributed by atoms with E-state index in [1.54, 1.807) is 13.8 Å². The van der Waals surface area contributed by atoms with E-state index in [1.807, 2.05) is 0 Å². The smallest absolute Gasteiger partial charge is 0.332 e. The number of carbonyl (C=O) groups excluding carboxylic acids is 2. The normalized spacial score (nSPS) is 11.6. The molecule has 134 valence electrons. The molecule has 0 aromatic heterocycles. The van der Waals surface area contributed by atoms with Gasteiger partial charge in [0.2, 0.25) is 5.91 Å². The highest BCUT2D eigenvalue weighted by Gasteiger charge is 2.23. The lowest BCUT2D eigenvalue weighted by Crippen LogP contribution is -2.33. The fourth-order valence-corrected chi connectivity index (χ4v) is 2.26. The Balaban J connectivity index is 3.03. The maximum absolute atomic E-state index is 11.8. The lowest BCUT2D eigenvalue weighted by Gasteiger charge is -2.12. The summed E-state index contributed by atoms with van der Waals surface area (Å²) in [5.74, 6) is -4.18. The molecule has 2 amide bonds. The predicted molar refractivity (Wildman–Crippen MR) is 88.8 cm³/mol. The van der Waals surface area contributed by atoms with Gasteiger partial charge in [-0.2, -0.15) is 0 Å². The van der Waals surface area contributed by atoms with E-state index in [4.69, 9.17) is 5.73 Å². The van der Waals surface area contributed by atoms with Gasteiger partial charge >= 0.3 is 11.9 Å². The molecular formula is C17H20N2O6. The van der Waals surface area contributed by atoms with Crippen LogP contribution in [0.2, 0.25) is 0 Å². The zero-order valence-electron chi connectivity index (χ0n) is 13.9. The summed E-state index contributed by atoms with van der Waals surface area (Å²) < 4.78 is 0. The quantitative estimate of drug-likeness (QED) is 0.505. The second-order valence-electron chi connectivity index (χ2n) is 5.68. The van der Waals surface area contributed by atoms with Crippen molar-refractivity contribution < 1.29 is 29.4 Å². The summed E-state index contributed by atoms with van der Waals surface area (Å²) in [5.41, 5.74) is 5.40. The molecule has 1 rings (SSSR count). The first kappa shape index (κ1) is 19.9. The molecule has 0 spiro atoms. The number of nitrogens with one attached hydrogen (secondary N) is 1. The predicted octanol–water partition coefficient (Wildman–Crippen LogP) is 0.566. The Morgan fingerprint density at radius 2 is 1.60 bits per heavy atom. The van der Waals surface area contributed by atoms with Gasteiger partial charge in [0.15, 0.2) is 0 Å². The van der Waals surface area contributed by atoms with Crippen LogP contribution in [-0.2, 0) is 20.8 Å². The van der Waals surface area contributed by atoms with Gasteiger partial charge in [-0.05, 0) is 23.6 Å². The van der Waals surface area contributed by atoms with E-state index in [2.05, 4.69) is 5.32 Å². The minimum absolute atomic E-state index is 0.0850. The average molecular weight is 348 g/mol. The topological polar surface area (TPSA) is 147 Å². The van der Waals surface area contributed by atoms with Gasteiger partial charge in [0.05, 0.1) is 17.7 Å². The van der Waals surface area contributed by atoms with Crippen molar-refractivity contribution >= 4 is 23.8 Å². The van der Waals surface area contributed by atoms with Crippen LogP contribution in [0.15, 0.2) is 35.4 Å². The third kappa shape index (κ3) is 5.76. The monoisotopic (exact) mass is 348 g/mol. The van der Waals surface area contributed by atoms with E-state index in [-0.39, 0.29) is 29.7 Å². The van der Waals surface area contributed by atoms with Crippen LogP contribution in [-0.4, -0.2) is 40.5 Å². The van der Waals surface area contributed by atoms with E-state index in [1.165, 1.54) is 24.3 Å². The summed E-state index contributed by atoms with van der Waals surface area (Å²) >= 11 is 0. The molecule has 0 bridgehead atoms. The van der Waals surface area contributed by atoms with E-state index in [0.29, 0.717) is 5.56 Å². The van der Waals surface area contributed by atoms with Gasteiger partial charge in [0.1, 0.15) is 0 Å². The lowest BCUT2D eigenvalue weighted by molar-refractivity contribution is -0.136. The molecule has 1 aromatic rings. The van der Waals surface area contributed by atoms with Crippen molar-refractivity contribution in [2.24, 2.45) is 11.7 Å². The lowest BCUT2D eigenvalue weighted by atomic mass is 9.92. The zero-order chi connectivity index (χ0) is 19.1. The molecule has 0 heterocycles. The number of benzene rings is 1. The first-order valence-electron chi connectivity index (χ1n) is 7.48. The Hall–Kier alpha value is -3.16. The summed E-state index contributed by atoms with van der Waals surface area (Å²) in [5, 5.41) is 20.9. The Bertz CT molecular complexity index is 719. The highest BCUT2D eigenvalue weighted by molar-refractivity contribution is 5.99. The highest BCUT2D eigenvalue weighted by atomic mass is 16.4. The van der Waals surface area contributed by atoms with Crippen molar-refractivity contribution in [3.05, 3.63) is 46.5 Å². The van der Waals surface area contributed by atoms with Crippen molar-refractivity contribution in [3.8, 4) is 0 Å². The molecule has 0 unspecified atom stereocenters. The van der Waals surface area contributed by atoms with Crippen LogP contribution in [0.1, 0.15) is 29.8 Å². The van der Waals surface area contributed by atoms with E-state index >= 15 is 0 Å². The molecule has 1 aromatic carbocycles. The maximum Gasteiger partial charge on any atom is 0.332 e. The minimum atomic E-state index is -1.30. The first-order valence-corrected chi connectivity index (χ1v) is 7.48. The van der Waals surface area contributed by atoms with Crippen molar-refractivity contribution in [2.75, 3.05) is 6.54 Å². The van der Waals surface area contributed by atoms with Crippen LogP contribution in [0.5, 0.6) is 0 Å². The third-order valence-corrected chi connectivity index (χ3v) is 3.41. The molecule has 8 nitrogen and oxygen atoms in total. The van der Waals surface area contributed by atoms with Crippen LogP contribution in [0.3, 0.4) is 0 Å². The van der Waals surface area contributed by atoms with Gasteiger partial charge in [-0.1, -0.05) is 26.0 Å². The number of hydrogen-bond donors (Lipinski definition) is 4. The second kappa shape index (κ2) is 8.62. The fraction of sp³-hybridized carbons (Fsp3) is 0.294. The van der Waals surface area contributed by atoms with Crippen LogP contribution in [0, 0.1) is 5.92 Å². The Morgan fingerprint density at radius 1 is 1.04 bits per heavy atom. The van der Waals surface area contributed by atoms with Crippen LogP contribution in [0.25, 0.3) is 0 Å². The summed E-state index contributed by atoms with van der Waals surface area (Å²) in [7, 11) is 0. The van der Waals surface area contributed by atoms with E-state index < -0.39 is 29.7 Å². The van der Waals surface area contributed by atoms with Gasteiger partial charge in [-0.15, -0.1) is 0 Å². The van der Waals surface area contributed by atoms with Crippen LogP contribution < -0.4 is 11.1 Å². The number of carboxylic acids is 2. The minimum Gasteiger partial charge on any atom is -0.478 e. The summed E-state index contributed by atoms with van der Waals surface area (Å²) in [6.07, 6.45) is -0.0850. The number of carbonyl (C=O) groups is 4. The largest absolute Gasteiger partial charge is 0.478 e. The molecule has 0 saturated heterocycles. The number of primary amides is 1. The number of carboxylic acid groups (broad SMARTS) is 2. The van der Waals surface area contributed by atoms with Crippen LogP contribution in [0.4, 0.5) is 0 Å². The molecule has 0 aliphatic rings. The SMILES string of the molecule is CC(C)C(C(=O)O)=C(Cc1ccc(C(=O)NCC(N)=O)cc1)C(=O)O. The maximum atomic E-state index is 11.8. The van der Waals surface area contributed by atoms with E-state index in [0.717, 1.165) is 0 Å². The molecule has 0 atom stereocenters. The van der Waals surface area contributed by atoms with Crippen molar-refractivity contribution in [3.63, 3.8) is 0 Å². The number of aliphatic carboxylic acids is 2. The molecule has 0 saturated carbocycles. The fourth-order valence-electron chi connectivity index (χ4n) is 2.26. The molecule has 0 aliphatic carbocycles. The number of amides is 2. The van der Waals surface area contributed by atoms with Gasteiger partial charge < -0.3 is 21.3 Å². The first-order chi connectivity index (χ1) is 11.6. The Kier molecular flexibility index (Phi) is 6.86. The number of nitrogens with two attached hydrogens (primary N) is 1. The van der Waals surface area contributed by atoms with Crippen molar-refractivity contribution in [2.45, 2.75) is 20.3 Å². The molecule has 0 aliphatic heterocycles. The molecule has 0 fully saturated rings. The van der Waals surface area contributed by atoms with Gasteiger partial charge in [0.25, 0.3) is 5.91 Å². The summed E-state index contributed by atoms with van der Waals surface area (Å²) in [4.78, 5) is 45.2. The average Bonchev–Trinajstić information content (AvgIpc) is 2.51. The number of hydrogen-bond acceptors (Lipinski definition) is 4. The van der Waals surface area contributed by atoms with Crippen molar-refractivity contribution in [1.29, 1.82) is 0 Å². The zero-order valence-corrected chi connectivity index (χ0v) is 13.9. The Labute approximate surface area is 144 Å². The third-order valence-electron chi connectivity index (χ3n) is 3.41. The number of rotatable bonds is 8. The molecule has 0 radical (unpaired) electrons. The Morgan fingerprint density at radius 3 is 2.00 bits per heavy atom. The molecular weight excluding hydrogens is 328 g/mol.